The average molecular weight is 188 g/mol. The summed E-state index contributed by atoms with van der Waals surface area (Å²) in [6.07, 6.45) is 1.18. The van der Waals surface area contributed by atoms with Crippen LogP contribution in [-0.2, 0) is 9.53 Å². The Balaban J connectivity index is 0. The predicted octanol–water partition coefficient (Wildman–Crippen LogP) is 1.45. The molecule has 0 aliphatic rings. The van der Waals surface area contributed by atoms with Gasteiger partial charge in [-0.05, 0) is 0 Å². The molecule has 0 saturated heterocycles. The van der Waals surface area contributed by atoms with Crippen molar-refractivity contribution in [3.8, 4) is 0 Å². The molecular formula is C10H22NO2+. The van der Waals surface area contributed by atoms with E-state index in [1.165, 1.54) is 6.08 Å². The second-order valence-electron chi connectivity index (χ2n) is 3.39. The van der Waals surface area contributed by atoms with E-state index in [1.807, 2.05) is 35.0 Å². The maximum Gasteiger partial charge on any atom is 0.330 e. The molecular weight excluding hydrogens is 166 g/mol. The highest BCUT2D eigenvalue weighted by atomic mass is 16.5. The lowest BCUT2D eigenvalue weighted by Gasteiger charge is -2.23. The predicted molar refractivity (Wildman–Crippen MR) is 55.4 cm³/mol. The largest absolute Gasteiger partial charge is 0.457 e. The maximum absolute atomic E-state index is 10.6. The van der Waals surface area contributed by atoms with Gasteiger partial charge in [0, 0.05) is 6.08 Å². The summed E-state index contributed by atoms with van der Waals surface area (Å²) in [5.74, 6) is -0.349. The van der Waals surface area contributed by atoms with Crippen molar-refractivity contribution in [1.82, 2.24) is 0 Å². The van der Waals surface area contributed by atoms with Gasteiger partial charge in [0.15, 0.2) is 0 Å². The van der Waals surface area contributed by atoms with Gasteiger partial charge in [-0.1, -0.05) is 20.4 Å². The van der Waals surface area contributed by atoms with Crippen LogP contribution in [0.25, 0.3) is 0 Å². The van der Waals surface area contributed by atoms with Crippen molar-refractivity contribution >= 4 is 5.97 Å². The number of carbonyl (C=O) groups excluding carboxylic acids is 1. The number of nitrogens with zero attached hydrogens (tertiary/aromatic N) is 1. The van der Waals surface area contributed by atoms with E-state index in [-0.39, 0.29) is 5.97 Å². The first-order valence-corrected chi connectivity index (χ1v) is 4.55. The van der Waals surface area contributed by atoms with Crippen LogP contribution in [0.3, 0.4) is 0 Å². The highest BCUT2D eigenvalue weighted by molar-refractivity contribution is 5.81. The summed E-state index contributed by atoms with van der Waals surface area (Å²) in [6.45, 7) is 8.57. The van der Waals surface area contributed by atoms with E-state index in [9.17, 15) is 4.79 Å². The zero-order valence-electron chi connectivity index (χ0n) is 9.46. The second kappa shape index (κ2) is 7.80. The third kappa shape index (κ3) is 14.1. The molecule has 0 amide bonds. The van der Waals surface area contributed by atoms with Crippen LogP contribution in [0.1, 0.15) is 13.8 Å². The number of quaternary nitrogens is 1. The molecule has 0 aliphatic carbocycles. The third-order valence-corrected chi connectivity index (χ3v) is 1.17. The quantitative estimate of drug-likeness (QED) is 0.379. The molecule has 0 aromatic rings. The van der Waals surface area contributed by atoms with Crippen LogP contribution in [0.5, 0.6) is 0 Å². The molecule has 0 rings (SSSR count). The zero-order valence-corrected chi connectivity index (χ0v) is 9.46. The summed E-state index contributed by atoms with van der Waals surface area (Å²) < 4.78 is 5.59. The Kier molecular flexibility index (Phi) is 8.81. The molecule has 0 bridgehead atoms. The molecule has 0 fully saturated rings. The summed E-state index contributed by atoms with van der Waals surface area (Å²) in [7, 11) is 6.13. The fourth-order valence-corrected chi connectivity index (χ4v) is 0.479. The van der Waals surface area contributed by atoms with Crippen LogP contribution in [-0.4, -0.2) is 44.7 Å². The fourth-order valence-electron chi connectivity index (χ4n) is 0.479. The first kappa shape index (κ1) is 14.7. The zero-order chi connectivity index (χ0) is 10.9. The average Bonchev–Trinajstić information content (AvgIpc) is 2.05. The molecule has 3 nitrogen and oxygen atoms in total. The van der Waals surface area contributed by atoms with Gasteiger partial charge in [0.2, 0.25) is 0 Å². The van der Waals surface area contributed by atoms with Gasteiger partial charge in [-0.2, -0.15) is 0 Å². The number of hydrogen-bond acceptors (Lipinski definition) is 2. The molecule has 0 atom stereocenters. The van der Waals surface area contributed by atoms with Gasteiger partial charge < -0.3 is 9.22 Å². The van der Waals surface area contributed by atoms with Gasteiger partial charge in [-0.25, -0.2) is 4.79 Å². The minimum Gasteiger partial charge on any atom is -0.457 e. The molecule has 0 aliphatic heterocycles. The van der Waals surface area contributed by atoms with Crippen molar-refractivity contribution in [2.24, 2.45) is 0 Å². The van der Waals surface area contributed by atoms with E-state index in [0.717, 1.165) is 11.0 Å². The minimum atomic E-state index is -0.349. The lowest BCUT2D eigenvalue weighted by Crippen LogP contribution is -2.37. The fraction of sp³-hybridized carbons (Fsp3) is 0.700. The SMILES string of the molecule is C=CC(=O)OCC[N+](C)(C)C.CC. The van der Waals surface area contributed by atoms with Crippen LogP contribution in [0.4, 0.5) is 0 Å². The summed E-state index contributed by atoms with van der Waals surface area (Å²) in [4.78, 5) is 10.6. The monoisotopic (exact) mass is 188 g/mol. The van der Waals surface area contributed by atoms with Gasteiger partial charge in [0.1, 0.15) is 13.2 Å². The third-order valence-electron chi connectivity index (χ3n) is 1.17. The molecule has 0 saturated carbocycles. The number of likely N-dealkylation sites (N-methyl/N-ethyl adjacent to an activating group) is 1. The standard InChI is InChI=1S/C8H16NO2.C2H6/c1-5-8(10)11-7-6-9(2,3)4;1-2/h5H,1,6-7H2,2-4H3;1-2H3/q+1;. The lowest BCUT2D eigenvalue weighted by molar-refractivity contribution is -0.870. The maximum atomic E-state index is 10.6. The van der Waals surface area contributed by atoms with Crippen LogP contribution in [0.2, 0.25) is 0 Å². The summed E-state index contributed by atoms with van der Waals surface area (Å²) in [5.41, 5.74) is 0. The van der Waals surface area contributed by atoms with Crippen molar-refractivity contribution in [3.05, 3.63) is 12.7 Å². The summed E-state index contributed by atoms with van der Waals surface area (Å²) in [6, 6.07) is 0. The molecule has 0 unspecified atom stereocenters. The van der Waals surface area contributed by atoms with Crippen LogP contribution in [0, 0.1) is 0 Å². The van der Waals surface area contributed by atoms with Crippen LogP contribution >= 0.6 is 0 Å². The molecule has 3 heteroatoms. The summed E-state index contributed by atoms with van der Waals surface area (Å²) >= 11 is 0. The number of esters is 1. The van der Waals surface area contributed by atoms with Crippen molar-refractivity contribution < 1.29 is 14.0 Å². The Bertz CT molecular complexity index is 147. The van der Waals surface area contributed by atoms with Gasteiger partial charge in [0.25, 0.3) is 0 Å². The molecule has 13 heavy (non-hydrogen) atoms. The molecule has 0 aromatic heterocycles. The number of rotatable bonds is 4. The lowest BCUT2D eigenvalue weighted by atomic mass is 10.5. The van der Waals surface area contributed by atoms with E-state index in [0.29, 0.717) is 6.61 Å². The molecule has 78 valence electrons. The first-order chi connectivity index (χ1) is 5.95. The second-order valence-corrected chi connectivity index (χ2v) is 3.39. The van der Waals surface area contributed by atoms with Gasteiger partial charge in [-0.3, -0.25) is 0 Å². The number of ether oxygens (including phenoxy) is 1. The van der Waals surface area contributed by atoms with Gasteiger partial charge >= 0.3 is 5.97 Å². The number of carbonyl (C=O) groups is 1. The molecule has 0 radical (unpaired) electrons. The van der Waals surface area contributed by atoms with Gasteiger partial charge in [-0.15, -0.1) is 0 Å². The van der Waals surface area contributed by atoms with Gasteiger partial charge in [0.05, 0.1) is 21.1 Å². The van der Waals surface area contributed by atoms with E-state index in [1.54, 1.807) is 0 Å². The highest BCUT2D eigenvalue weighted by Gasteiger charge is 2.06. The minimum absolute atomic E-state index is 0.349. The smallest absolute Gasteiger partial charge is 0.330 e. The van der Waals surface area contributed by atoms with Crippen molar-refractivity contribution in [3.63, 3.8) is 0 Å². The Hall–Kier alpha value is -0.830. The van der Waals surface area contributed by atoms with Crippen molar-refractivity contribution in [2.75, 3.05) is 34.3 Å². The topological polar surface area (TPSA) is 26.3 Å². The first-order valence-electron chi connectivity index (χ1n) is 4.55. The van der Waals surface area contributed by atoms with Crippen molar-refractivity contribution in [2.45, 2.75) is 13.8 Å². The van der Waals surface area contributed by atoms with E-state index >= 15 is 0 Å². The van der Waals surface area contributed by atoms with E-state index in [4.69, 9.17) is 4.74 Å². The summed E-state index contributed by atoms with van der Waals surface area (Å²) in [5, 5.41) is 0. The Labute approximate surface area is 81.6 Å². The van der Waals surface area contributed by atoms with Crippen LogP contribution < -0.4 is 0 Å². The Morgan fingerprint density at radius 3 is 2.15 bits per heavy atom. The number of hydrogen-bond donors (Lipinski definition) is 0. The van der Waals surface area contributed by atoms with Crippen LogP contribution in [0.15, 0.2) is 12.7 Å². The van der Waals surface area contributed by atoms with E-state index in [2.05, 4.69) is 6.58 Å². The normalized spacial score (nSPS) is 9.62. The molecule has 0 aromatic carbocycles. The molecule has 0 N–H and O–H groups in total. The Morgan fingerprint density at radius 2 is 1.85 bits per heavy atom. The van der Waals surface area contributed by atoms with E-state index < -0.39 is 0 Å². The highest BCUT2D eigenvalue weighted by Crippen LogP contribution is 1.89. The molecule has 0 heterocycles. The molecule has 0 spiro atoms. The Morgan fingerprint density at radius 1 is 1.38 bits per heavy atom. The van der Waals surface area contributed by atoms with Crippen molar-refractivity contribution in [1.29, 1.82) is 0 Å².